The summed E-state index contributed by atoms with van der Waals surface area (Å²) in [5.74, 6) is 18.3. The molecule has 1 saturated carbocycles. The highest BCUT2D eigenvalue weighted by molar-refractivity contribution is 8.78. The minimum atomic E-state index is 0.398. The summed E-state index contributed by atoms with van der Waals surface area (Å²) in [6, 6.07) is 0. The molecule has 0 N–H and O–H groups in total. The summed E-state index contributed by atoms with van der Waals surface area (Å²) < 4.78 is 74.2. The quantitative estimate of drug-likeness (QED) is 0.0246. The number of thioether (sulfide) groups is 5. The second kappa shape index (κ2) is 61.1. The number of hydrogen-bond donors (Lipinski definition) is 0. The highest BCUT2D eigenvalue weighted by Crippen LogP contribution is 2.33. The van der Waals surface area contributed by atoms with Crippen molar-refractivity contribution in [2.24, 2.45) is 5.92 Å². The fourth-order valence-electron chi connectivity index (χ4n) is 4.66. The van der Waals surface area contributed by atoms with Crippen molar-refractivity contribution >= 4 is 145 Å². The van der Waals surface area contributed by atoms with Crippen molar-refractivity contribution < 1.29 is 66.3 Å². The van der Waals surface area contributed by atoms with Gasteiger partial charge in [-0.1, -0.05) is 107 Å². The lowest BCUT2D eigenvalue weighted by Crippen LogP contribution is -2.06. The molecule has 5 atom stereocenters. The van der Waals surface area contributed by atoms with Gasteiger partial charge in [0, 0.05) is 98.1 Å². The maximum atomic E-state index is 5.51. The van der Waals surface area contributed by atoms with E-state index in [9.17, 15) is 0 Å². The highest BCUT2D eigenvalue weighted by atomic mass is 33.1. The van der Waals surface area contributed by atoms with Gasteiger partial charge >= 0.3 is 0 Å². The van der Waals surface area contributed by atoms with Gasteiger partial charge in [-0.2, -0.15) is 58.8 Å². The van der Waals surface area contributed by atoms with Gasteiger partial charge in [0.15, 0.2) is 0 Å². The molecule has 0 spiro atoms. The molecule has 1 aliphatic carbocycles. The topological polar surface area (TPSA) is 142 Å². The standard InChI is InChI=1S/C19H36O6S6.C10H20O3S3.C10H20O2S3.C9H18O3S/c1-17(31-29-9-5-23-16-21-3-7-27-14-19-11-25-19)12-30-28-8-4-22-15-20-2-6-26-13-18-10-24-18;1-2-15-16-6-4-12-9-11-3-5-14-8-10-7-13-10;1-13-15-7-5-12-9-11-4-6-14-8-10-2-3-10;1-2-3-10-8-11-4-5-13-7-9-6-12-9/h17-19H,2-16H2,1H3;10H,2-9H2,1H3;10H,2-9H2,1H3;9H,2-8H2,1H3. The molecule has 0 amide bonds. The van der Waals surface area contributed by atoms with Crippen LogP contribution in [0.3, 0.4) is 0 Å². The Morgan fingerprint density at radius 2 is 0.707 bits per heavy atom. The van der Waals surface area contributed by atoms with E-state index in [-0.39, 0.29) is 0 Å². The van der Waals surface area contributed by atoms with Gasteiger partial charge < -0.3 is 66.3 Å². The number of epoxide rings is 4. The maximum Gasteiger partial charge on any atom is 0.146 e. The molecule has 5 fully saturated rings. The van der Waals surface area contributed by atoms with Crippen molar-refractivity contribution in [3.05, 3.63) is 0 Å². The van der Waals surface area contributed by atoms with E-state index in [4.69, 9.17) is 66.3 Å². The zero-order valence-corrected chi connectivity index (χ0v) is 56.0. The van der Waals surface area contributed by atoms with Crippen LogP contribution < -0.4 is 0 Å². The molecule has 0 radical (unpaired) electrons. The van der Waals surface area contributed by atoms with Crippen molar-refractivity contribution in [1.82, 2.24) is 0 Å². The molecule has 5 aliphatic rings. The van der Waals surface area contributed by atoms with Crippen molar-refractivity contribution in [1.29, 1.82) is 0 Å². The Morgan fingerprint density at radius 1 is 0.387 bits per heavy atom. The van der Waals surface area contributed by atoms with Gasteiger partial charge in [0.25, 0.3) is 0 Å². The number of hydrogen-bond acceptors (Lipinski definition) is 27. The average Bonchev–Trinajstić information content (AvgIpc) is 4.19. The minimum absolute atomic E-state index is 0.398. The highest BCUT2D eigenvalue weighted by Gasteiger charge is 2.24. The lowest BCUT2D eigenvalue weighted by atomic mass is 10.5. The fraction of sp³-hybridized carbons (Fsp3) is 1.00. The first kappa shape index (κ1) is 75.1. The van der Waals surface area contributed by atoms with Gasteiger partial charge in [0.05, 0.1) is 110 Å². The molecular weight excluding hydrogens is 1220 g/mol. The van der Waals surface area contributed by atoms with Crippen molar-refractivity contribution in [3.63, 3.8) is 0 Å². The van der Waals surface area contributed by atoms with Crippen LogP contribution in [-0.2, 0) is 66.3 Å². The van der Waals surface area contributed by atoms with Gasteiger partial charge in [-0.25, -0.2) is 0 Å². The zero-order chi connectivity index (χ0) is 53.4. The second-order valence-electron chi connectivity index (χ2n) is 16.4. The Balaban J connectivity index is 0.000000369. The zero-order valence-electron chi connectivity index (χ0n) is 45.4. The lowest BCUT2D eigenvalue weighted by Gasteiger charge is -2.10. The predicted octanol–water partition coefficient (Wildman–Crippen LogP) is 11.5. The van der Waals surface area contributed by atoms with Gasteiger partial charge in [0.1, 0.15) is 34.0 Å². The van der Waals surface area contributed by atoms with E-state index in [2.05, 4.69) is 27.0 Å². The minimum Gasteiger partial charge on any atom is -0.372 e. The third kappa shape index (κ3) is 65.4. The Bertz CT molecular complexity index is 1140. The Hall–Kier alpha value is 3.99. The molecule has 0 bridgehead atoms. The van der Waals surface area contributed by atoms with Gasteiger partial charge in [0.2, 0.25) is 0 Å². The van der Waals surface area contributed by atoms with Crippen molar-refractivity contribution in [2.45, 2.75) is 69.7 Å². The first-order valence-corrected chi connectivity index (χ1v) is 42.0. The number of ether oxygens (including phenoxy) is 14. The molecular formula is C48H94O14S13. The first-order chi connectivity index (χ1) is 37.1. The molecule has 75 heavy (non-hydrogen) atoms. The van der Waals surface area contributed by atoms with E-state index >= 15 is 0 Å². The lowest BCUT2D eigenvalue weighted by molar-refractivity contribution is -0.0480. The summed E-state index contributed by atoms with van der Waals surface area (Å²) in [6.45, 7) is 20.1. The average molecular weight is 1310 g/mol. The van der Waals surface area contributed by atoms with Crippen LogP contribution in [0.2, 0.25) is 0 Å². The largest absolute Gasteiger partial charge is 0.372 e. The predicted molar refractivity (Wildman–Crippen MR) is 343 cm³/mol. The summed E-state index contributed by atoms with van der Waals surface area (Å²) in [7, 11) is 14.9. The first-order valence-electron chi connectivity index (χ1n) is 26.2. The van der Waals surface area contributed by atoms with E-state index in [0.29, 0.717) is 63.6 Å². The molecule has 5 rings (SSSR count). The van der Waals surface area contributed by atoms with Crippen LogP contribution >= 0.6 is 145 Å². The molecule has 0 aromatic carbocycles. The maximum absolute atomic E-state index is 5.51. The van der Waals surface area contributed by atoms with E-state index in [1.807, 2.05) is 134 Å². The van der Waals surface area contributed by atoms with Crippen molar-refractivity contribution in [3.8, 4) is 0 Å². The van der Waals surface area contributed by atoms with Crippen LogP contribution in [0.5, 0.6) is 0 Å². The van der Waals surface area contributed by atoms with Crippen LogP contribution in [0, 0.1) is 5.92 Å². The Kier molecular flexibility index (Phi) is 61.2. The van der Waals surface area contributed by atoms with E-state index in [1.54, 1.807) is 10.8 Å². The van der Waals surface area contributed by atoms with Gasteiger partial charge in [-0.05, 0) is 37.2 Å². The Morgan fingerprint density at radius 3 is 1.04 bits per heavy atom. The summed E-state index contributed by atoms with van der Waals surface area (Å²) in [4.78, 5) is 0. The monoisotopic (exact) mass is 1310 g/mol. The van der Waals surface area contributed by atoms with Gasteiger partial charge in [-0.15, -0.1) is 0 Å². The molecule has 0 aromatic rings. The number of rotatable bonds is 57. The molecule has 5 unspecified atom stereocenters. The van der Waals surface area contributed by atoms with Crippen LogP contribution in [0.25, 0.3) is 0 Å². The van der Waals surface area contributed by atoms with Crippen LogP contribution in [0.1, 0.15) is 40.0 Å². The molecule has 0 aromatic heterocycles. The van der Waals surface area contributed by atoms with E-state index in [0.717, 1.165) is 191 Å². The molecule has 448 valence electrons. The van der Waals surface area contributed by atoms with Gasteiger partial charge in [-0.3, -0.25) is 0 Å². The van der Waals surface area contributed by atoms with Crippen LogP contribution in [0.15, 0.2) is 0 Å². The summed E-state index contributed by atoms with van der Waals surface area (Å²) in [6.07, 6.45) is 8.09. The molecule has 14 nitrogen and oxygen atoms in total. The fourth-order valence-corrected chi connectivity index (χ4v) is 16.7. The van der Waals surface area contributed by atoms with E-state index in [1.165, 1.54) is 18.6 Å². The smallest absolute Gasteiger partial charge is 0.146 e. The summed E-state index contributed by atoms with van der Waals surface area (Å²) in [5.41, 5.74) is 0. The molecule has 4 aliphatic heterocycles. The second-order valence-corrected chi connectivity index (χ2v) is 33.2. The molecule has 27 heteroatoms. The SMILES string of the molecule is CC(CSSCCOCOCCSCC1CO1)SSCCOCOCCSCC1CO1.CCCOCOCCSCC1CO1.CCSSCCOCOCCSCC1CO1.CSSCCOCOCCSCC1CC1. The van der Waals surface area contributed by atoms with Crippen LogP contribution in [-0.4, -0.2) is 254 Å². The molecule has 4 saturated heterocycles. The van der Waals surface area contributed by atoms with Crippen LogP contribution in [0.4, 0.5) is 0 Å². The normalized spacial score (nSPS) is 19.4. The molecule has 4 heterocycles. The summed E-state index contributed by atoms with van der Waals surface area (Å²) in [5, 5.41) is 0.619. The third-order valence-corrected chi connectivity index (χ3v) is 24.3. The van der Waals surface area contributed by atoms with Crippen molar-refractivity contribution in [2.75, 3.05) is 225 Å². The third-order valence-electron chi connectivity index (χ3n) is 9.10. The Labute approximate surface area is 507 Å². The summed E-state index contributed by atoms with van der Waals surface area (Å²) >= 11 is 9.54. The van der Waals surface area contributed by atoms with E-state index < -0.39 is 0 Å².